The summed E-state index contributed by atoms with van der Waals surface area (Å²) in [6.45, 7) is 3.60. The van der Waals surface area contributed by atoms with Gasteiger partial charge < -0.3 is 10.2 Å². The van der Waals surface area contributed by atoms with E-state index in [-0.39, 0.29) is 0 Å². The van der Waals surface area contributed by atoms with Crippen LogP contribution in [0.25, 0.3) is 0 Å². The summed E-state index contributed by atoms with van der Waals surface area (Å²) in [5, 5.41) is 3.20. The van der Waals surface area contributed by atoms with Crippen molar-refractivity contribution in [3.05, 3.63) is 35.4 Å². The fourth-order valence-electron chi connectivity index (χ4n) is 2.77. The predicted octanol–water partition coefficient (Wildman–Crippen LogP) is 2.65. The lowest BCUT2D eigenvalue weighted by atomic mass is 9.89. The molecule has 1 heterocycles. The SMILES string of the molecule is CNCCCc1ccc(C2CCN(C)CC2)cc1. The number of piperidine rings is 1. The maximum absolute atomic E-state index is 3.20. The van der Waals surface area contributed by atoms with Gasteiger partial charge in [-0.1, -0.05) is 24.3 Å². The van der Waals surface area contributed by atoms with Crippen molar-refractivity contribution in [1.29, 1.82) is 0 Å². The van der Waals surface area contributed by atoms with Crippen LogP contribution in [0.2, 0.25) is 0 Å². The van der Waals surface area contributed by atoms with E-state index in [9.17, 15) is 0 Å². The molecule has 2 heteroatoms. The average molecular weight is 246 g/mol. The van der Waals surface area contributed by atoms with E-state index in [1.165, 1.54) is 44.3 Å². The molecule has 1 aliphatic rings. The molecule has 1 fully saturated rings. The van der Waals surface area contributed by atoms with Crippen molar-refractivity contribution in [2.45, 2.75) is 31.6 Å². The monoisotopic (exact) mass is 246 g/mol. The molecule has 0 radical (unpaired) electrons. The van der Waals surface area contributed by atoms with Gasteiger partial charge in [0, 0.05) is 0 Å². The molecule has 100 valence electrons. The summed E-state index contributed by atoms with van der Waals surface area (Å²) in [6, 6.07) is 9.35. The Morgan fingerprint density at radius 1 is 1.17 bits per heavy atom. The average Bonchev–Trinajstić information content (AvgIpc) is 2.41. The summed E-state index contributed by atoms with van der Waals surface area (Å²) in [6.07, 6.45) is 5.05. The normalized spacial score (nSPS) is 18.1. The van der Waals surface area contributed by atoms with E-state index < -0.39 is 0 Å². The van der Waals surface area contributed by atoms with E-state index in [1.54, 1.807) is 5.56 Å². The highest BCUT2D eigenvalue weighted by Crippen LogP contribution is 2.27. The minimum atomic E-state index is 0.785. The fourth-order valence-corrected chi connectivity index (χ4v) is 2.77. The molecule has 0 aromatic heterocycles. The lowest BCUT2D eigenvalue weighted by Gasteiger charge is -2.29. The number of hydrogen-bond acceptors (Lipinski definition) is 2. The fraction of sp³-hybridized carbons (Fsp3) is 0.625. The molecule has 0 amide bonds. The van der Waals surface area contributed by atoms with Crippen molar-refractivity contribution in [2.24, 2.45) is 0 Å². The molecule has 0 saturated carbocycles. The lowest BCUT2D eigenvalue weighted by Crippen LogP contribution is -2.29. The van der Waals surface area contributed by atoms with Gasteiger partial charge >= 0.3 is 0 Å². The molecule has 0 bridgehead atoms. The highest BCUT2D eigenvalue weighted by Gasteiger charge is 2.17. The van der Waals surface area contributed by atoms with Crippen LogP contribution < -0.4 is 5.32 Å². The molecule has 2 nitrogen and oxygen atoms in total. The summed E-state index contributed by atoms with van der Waals surface area (Å²) >= 11 is 0. The van der Waals surface area contributed by atoms with Gasteiger partial charge in [0.05, 0.1) is 0 Å². The molecule has 1 aromatic rings. The second-order valence-electron chi connectivity index (χ2n) is 5.53. The minimum Gasteiger partial charge on any atom is -0.320 e. The van der Waals surface area contributed by atoms with Gasteiger partial charge in [-0.05, 0) is 76.5 Å². The number of nitrogens with zero attached hydrogens (tertiary/aromatic N) is 1. The van der Waals surface area contributed by atoms with Crippen molar-refractivity contribution in [3.63, 3.8) is 0 Å². The molecule has 1 saturated heterocycles. The maximum Gasteiger partial charge on any atom is -0.00159 e. The second-order valence-corrected chi connectivity index (χ2v) is 5.53. The highest BCUT2D eigenvalue weighted by atomic mass is 15.1. The first kappa shape index (κ1) is 13.6. The number of rotatable bonds is 5. The van der Waals surface area contributed by atoms with Crippen molar-refractivity contribution < 1.29 is 0 Å². The van der Waals surface area contributed by atoms with Crippen molar-refractivity contribution in [1.82, 2.24) is 10.2 Å². The zero-order valence-corrected chi connectivity index (χ0v) is 11.8. The van der Waals surface area contributed by atoms with Crippen molar-refractivity contribution in [3.8, 4) is 0 Å². The Morgan fingerprint density at radius 2 is 1.83 bits per heavy atom. The van der Waals surface area contributed by atoms with Crippen molar-refractivity contribution in [2.75, 3.05) is 33.7 Å². The quantitative estimate of drug-likeness (QED) is 0.804. The van der Waals surface area contributed by atoms with Crippen LogP contribution in [0.5, 0.6) is 0 Å². The summed E-state index contributed by atoms with van der Waals surface area (Å²) in [5.74, 6) is 0.785. The molecule has 0 aliphatic carbocycles. The topological polar surface area (TPSA) is 15.3 Å². The van der Waals surface area contributed by atoms with E-state index >= 15 is 0 Å². The van der Waals surface area contributed by atoms with Crippen LogP contribution in [0.1, 0.15) is 36.3 Å². The van der Waals surface area contributed by atoms with Gasteiger partial charge in [-0.15, -0.1) is 0 Å². The first-order valence-corrected chi connectivity index (χ1v) is 7.21. The standard InChI is InChI=1S/C16H26N2/c1-17-11-3-4-14-5-7-15(8-6-14)16-9-12-18(2)13-10-16/h5-8,16-17H,3-4,9-13H2,1-2H3. The highest BCUT2D eigenvalue weighted by molar-refractivity contribution is 5.26. The van der Waals surface area contributed by atoms with Crippen LogP contribution >= 0.6 is 0 Å². The Balaban J connectivity index is 1.87. The van der Waals surface area contributed by atoms with Gasteiger partial charge in [0.2, 0.25) is 0 Å². The molecule has 2 rings (SSSR count). The first-order valence-electron chi connectivity index (χ1n) is 7.21. The van der Waals surface area contributed by atoms with Gasteiger partial charge in [-0.3, -0.25) is 0 Å². The smallest absolute Gasteiger partial charge is 0.00159 e. The first-order chi connectivity index (χ1) is 8.79. The van der Waals surface area contributed by atoms with E-state index in [0.717, 1.165) is 12.5 Å². The molecule has 1 N–H and O–H groups in total. The zero-order chi connectivity index (χ0) is 12.8. The molecule has 0 unspecified atom stereocenters. The van der Waals surface area contributed by atoms with E-state index in [4.69, 9.17) is 0 Å². The summed E-state index contributed by atoms with van der Waals surface area (Å²) < 4.78 is 0. The molecule has 0 spiro atoms. The van der Waals surface area contributed by atoms with Gasteiger partial charge in [0.25, 0.3) is 0 Å². The Labute approximate surface area is 111 Å². The third-order valence-electron chi connectivity index (χ3n) is 4.06. The van der Waals surface area contributed by atoms with E-state index in [0.29, 0.717) is 0 Å². The minimum absolute atomic E-state index is 0.785. The van der Waals surface area contributed by atoms with Gasteiger partial charge in [-0.25, -0.2) is 0 Å². The van der Waals surface area contributed by atoms with Crippen LogP contribution in [0.4, 0.5) is 0 Å². The number of likely N-dealkylation sites (tertiary alicyclic amines) is 1. The molecule has 0 atom stereocenters. The molecule has 18 heavy (non-hydrogen) atoms. The molecule has 1 aromatic carbocycles. The summed E-state index contributed by atoms with van der Waals surface area (Å²) in [5.41, 5.74) is 3.02. The number of benzene rings is 1. The number of nitrogens with one attached hydrogen (secondary N) is 1. The third-order valence-corrected chi connectivity index (χ3v) is 4.06. The Kier molecular flexibility index (Phi) is 5.21. The van der Waals surface area contributed by atoms with E-state index in [1.807, 2.05) is 7.05 Å². The number of aryl methyl sites for hydroxylation is 1. The number of hydrogen-bond donors (Lipinski definition) is 1. The van der Waals surface area contributed by atoms with Crippen LogP contribution in [0.3, 0.4) is 0 Å². The van der Waals surface area contributed by atoms with Crippen LogP contribution in [-0.2, 0) is 6.42 Å². The second kappa shape index (κ2) is 6.91. The van der Waals surface area contributed by atoms with Crippen LogP contribution in [0, 0.1) is 0 Å². The van der Waals surface area contributed by atoms with E-state index in [2.05, 4.69) is 41.5 Å². The van der Waals surface area contributed by atoms with Crippen molar-refractivity contribution >= 4 is 0 Å². The van der Waals surface area contributed by atoms with Crippen LogP contribution in [0.15, 0.2) is 24.3 Å². The van der Waals surface area contributed by atoms with Gasteiger partial charge in [0.15, 0.2) is 0 Å². The van der Waals surface area contributed by atoms with Gasteiger partial charge in [0.1, 0.15) is 0 Å². The Morgan fingerprint density at radius 3 is 2.44 bits per heavy atom. The maximum atomic E-state index is 3.20. The molecular formula is C16H26N2. The largest absolute Gasteiger partial charge is 0.320 e. The molecule has 1 aliphatic heterocycles. The Hall–Kier alpha value is -0.860. The molecular weight excluding hydrogens is 220 g/mol. The van der Waals surface area contributed by atoms with Crippen LogP contribution in [-0.4, -0.2) is 38.6 Å². The predicted molar refractivity (Wildman–Crippen MR) is 78.2 cm³/mol. The third kappa shape index (κ3) is 3.82. The lowest BCUT2D eigenvalue weighted by molar-refractivity contribution is 0.255. The zero-order valence-electron chi connectivity index (χ0n) is 11.8. The Bertz CT molecular complexity index is 337. The van der Waals surface area contributed by atoms with Gasteiger partial charge in [-0.2, -0.15) is 0 Å². The summed E-state index contributed by atoms with van der Waals surface area (Å²) in [4.78, 5) is 2.43. The summed E-state index contributed by atoms with van der Waals surface area (Å²) in [7, 11) is 4.24.